The molecule has 2 aliphatic rings. The highest BCUT2D eigenvalue weighted by molar-refractivity contribution is 9.10. The van der Waals surface area contributed by atoms with Gasteiger partial charge in [0.25, 0.3) is 5.91 Å². The SMILES string of the molecule is CCCCC1(Br)C(=O)c2cccc3c2N(CC3)C1=O. The molecule has 0 saturated carbocycles. The minimum atomic E-state index is -1.04. The summed E-state index contributed by atoms with van der Waals surface area (Å²) in [7, 11) is 0. The lowest BCUT2D eigenvalue weighted by molar-refractivity contribution is -0.119. The quantitative estimate of drug-likeness (QED) is 0.633. The summed E-state index contributed by atoms with van der Waals surface area (Å²) in [6.45, 7) is 2.76. The van der Waals surface area contributed by atoms with Gasteiger partial charge in [-0.3, -0.25) is 9.59 Å². The van der Waals surface area contributed by atoms with E-state index in [1.54, 1.807) is 4.90 Å². The van der Waals surface area contributed by atoms with Crippen LogP contribution in [0.25, 0.3) is 0 Å². The predicted octanol–water partition coefficient (Wildman–Crippen LogP) is 3.10. The van der Waals surface area contributed by atoms with Gasteiger partial charge >= 0.3 is 0 Å². The van der Waals surface area contributed by atoms with Crippen molar-refractivity contribution in [2.24, 2.45) is 0 Å². The summed E-state index contributed by atoms with van der Waals surface area (Å²) in [5.41, 5.74) is 2.66. The molecule has 1 aromatic rings. The molecule has 2 aliphatic heterocycles. The second kappa shape index (κ2) is 4.44. The van der Waals surface area contributed by atoms with Crippen molar-refractivity contribution in [2.75, 3.05) is 11.4 Å². The molecule has 1 atom stereocenters. The molecule has 4 heteroatoms. The number of nitrogens with zero attached hydrogens (tertiary/aromatic N) is 1. The predicted molar refractivity (Wildman–Crippen MR) is 78.0 cm³/mol. The van der Waals surface area contributed by atoms with Crippen LogP contribution >= 0.6 is 15.9 Å². The number of rotatable bonds is 3. The normalized spacial score (nSPS) is 24.8. The zero-order chi connectivity index (χ0) is 13.6. The Hall–Kier alpha value is -1.16. The first-order chi connectivity index (χ1) is 9.09. The van der Waals surface area contributed by atoms with Crippen molar-refractivity contribution < 1.29 is 9.59 Å². The Bertz CT molecular complexity index is 569. The lowest BCUT2D eigenvalue weighted by Crippen LogP contribution is -2.53. The first kappa shape index (κ1) is 12.9. The molecule has 0 radical (unpaired) electrons. The summed E-state index contributed by atoms with van der Waals surface area (Å²) in [6.07, 6.45) is 3.26. The molecule has 3 rings (SSSR count). The highest BCUT2D eigenvalue weighted by Crippen LogP contribution is 2.44. The number of amides is 1. The number of carbonyl (C=O) groups excluding carboxylic acids is 2. The molecule has 100 valence electrons. The fourth-order valence-electron chi connectivity index (χ4n) is 3.01. The van der Waals surface area contributed by atoms with Gasteiger partial charge in [-0.05, 0) is 24.5 Å². The maximum Gasteiger partial charge on any atom is 0.251 e. The van der Waals surface area contributed by atoms with E-state index in [1.165, 1.54) is 0 Å². The lowest BCUT2D eigenvalue weighted by Gasteiger charge is -2.36. The van der Waals surface area contributed by atoms with Crippen LogP contribution in [0.4, 0.5) is 5.69 Å². The highest BCUT2D eigenvalue weighted by Gasteiger charge is 2.52. The molecule has 0 aromatic heterocycles. The molecule has 1 aromatic carbocycles. The minimum absolute atomic E-state index is 0.0686. The van der Waals surface area contributed by atoms with E-state index in [9.17, 15) is 9.59 Å². The maximum absolute atomic E-state index is 12.7. The van der Waals surface area contributed by atoms with Gasteiger partial charge in [0.1, 0.15) is 0 Å². The van der Waals surface area contributed by atoms with E-state index >= 15 is 0 Å². The fourth-order valence-corrected chi connectivity index (χ4v) is 3.72. The van der Waals surface area contributed by atoms with E-state index in [0.717, 1.165) is 30.5 Å². The molecular weight excluding hydrogens is 306 g/mol. The molecule has 3 nitrogen and oxygen atoms in total. The Morgan fingerprint density at radius 2 is 2.16 bits per heavy atom. The first-order valence-electron chi connectivity index (χ1n) is 6.77. The van der Waals surface area contributed by atoms with Gasteiger partial charge in [0.05, 0.1) is 5.69 Å². The van der Waals surface area contributed by atoms with Crippen molar-refractivity contribution in [3.8, 4) is 0 Å². The van der Waals surface area contributed by atoms with Gasteiger partial charge in [0, 0.05) is 12.1 Å². The molecule has 0 bridgehead atoms. The number of carbonyl (C=O) groups is 2. The van der Waals surface area contributed by atoms with E-state index in [2.05, 4.69) is 22.9 Å². The Kier molecular flexibility index (Phi) is 3.01. The number of anilines is 1. The monoisotopic (exact) mass is 321 g/mol. The number of para-hydroxylation sites is 1. The zero-order valence-corrected chi connectivity index (χ0v) is 12.5. The zero-order valence-electron chi connectivity index (χ0n) is 10.9. The summed E-state index contributed by atoms with van der Waals surface area (Å²) in [5, 5.41) is 0. The molecular formula is C15H16BrNO2. The third-order valence-electron chi connectivity index (χ3n) is 4.06. The lowest BCUT2D eigenvalue weighted by atomic mass is 9.86. The second-order valence-corrected chi connectivity index (χ2v) is 6.61. The van der Waals surface area contributed by atoms with Gasteiger partial charge in [-0.2, -0.15) is 0 Å². The summed E-state index contributed by atoms with van der Waals surface area (Å²) < 4.78 is -1.04. The van der Waals surface area contributed by atoms with Crippen LogP contribution in [-0.4, -0.2) is 22.6 Å². The van der Waals surface area contributed by atoms with E-state index < -0.39 is 4.32 Å². The molecule has 0 fully saturated rings. The standard InChI is InChI=1S/C15H16BrNO2/c1-2-3-8-15(16)13(18)11-6-4-5-10-7-9-17(12(10)11)14(15)19/h4-6H,2-3,7-9H2,1H3. The number of Topliss-reactive ketones (excluding diaryl/α,β-unsaturated/α-hetero) is 1. The van der Waals surface area contributed by atoms with Crippen molar-refractivity contribution in [1.29, 1.82) is 0 Å². The Labute approximate surface area is 121 Å². The second-order valence-electron chi connectivity index (χ2n) is 5.25. The molecule has 0 saturated heterocycles. The summed E-state index contributed by atoms with van der Waals surface area (Å²) >= 11 is 3.46. The van der Waals surface area contributed by atoms with Crippen molar-refractivity contribution in [1.82, 2.24) is 0 Å². The highest BCUT2D eigenvalue weighted by atomic mass is 79.9. The number of halogens is 1. The van der Waals surface area contributed by atoms with Gasteiger partial charge in [-0.15, -0.1) is 0 Å². The number of benzene rings is 1. The van der Waals surface area contributed by atoms with Crippen LogP contribution in [0, 0.1) is 0 Å². The maximum atomic E-state index is 12.7. The average molecular weight is 322 g/mol. The van der Waals surface area contributed by atoms with Gasteiger partial charge in [0.15, 0.2) is 10.1 Å². The minimum Gasteiger partial charge on any atom is -0.309 e. The Morgan fingerprint density at radius 1 is 1.37 bits per heavy atom. The van der Waals surface area contributed by atoms with Gasteiger partial charge in [-0.25, -0.2) is 0 Å². The van der Waals surface area contributed by atoms with Crippen LogP contribution in [-0.2, 0) is 11.2 Å². The van der Waals surface area contributed by atoms with Crippen LogP contribution in [0.5, 0.6) is 0 Å². The van der Waals surface area contributed by atoms with Gasteiger partial charge < -0.3 is 4.90 Å². The number of hydrogen-bond donors (Lipinski definition) is 0. The molecule has 1 amide bonds. The molecule has 0 spiro atoms. The molecule has 19 heavy (non-hydrogen) atoms. The van der Waals surface area contributed by atoms with E-state index in [-0.39, 0.29) is 11.7 Å². The van der Waals surface area contributed by atoms with Crippen LogP contribution in [0.15, 0.2) is 18.2 Å². The topological polar surface area (TPSA) is 37.4 Å². The van der Waals surface area contributed by atoms with Gasteiger partial charge in [0.2, 0.25) is 0 Å². The third kappa shape index (κ3) is 1.69. The van der Waals surface area contributed by atoms with E-state index in [0.29, 0.717) is 18.5 Å². The van der Waals surface area contributed by atoms with Crippen molar-refractivity contribution in [2.45, 2.75) is 36.9 Å². The number of unbranched alkanes of at least 4 members (excludes halogenated alkanes) is 1. The average Bonchev–Trinajstić information content (AvgIpc) is 2.85. The van der Waals surface area contributed by atoms with Gasteiger partial charge in [-0.1, -0.05) is 47.8 Å². The van der Waals surface area contributed by atoms with E-state index in [1.807, 2.05) is 18.2 Å². The molecule has 0 N–H and O–H groups in total. The molecule has 0 aliphatic carbocycles. The van der Waals surface area contributed by atoms with Crippen molar-refractivity contribution in [3.05, 3.63) is 29.3 Å². The summed E-state index contributed by atoms with van der Waals surface area (Å²) in [6, 6.07) is 5.76. The van der Waals surface area contributed by atoms with Crippen molar-refractivity contribution >= 4 is 33.3 Å². The summed E-state index contributed by atoms with van der Waals surface area (Å²) in [5.74, 6) is -0.149. The largest absolute Gasteiger partial charge is 0.309 e. The van der Waals surface area contributed by atoms with Crippen molar-refractivity contribution in [3.63, 3.8) is 0 Å². The first-order valence-corrected chi connectivity index (χ1v) is 7.56. The molecule has 2 heterocycles. The number of ketones is 1. The number of hydrogen-bond acceptors (Lipinski definition) is 2. The van der Waals surface area contributed by atoms with Crippen LogP contribution < -0.4 is 4.90 Å². The number of alkyl halides is 1. The third-order valence-corrected chi connectivity index (χ3v) is 5.15. The van der Waals surface area contributed by atoms with Crippen LogP contribution in [0.1, 0.15) is 42.1 Å². The fraction of sp³-hybridized carbons (Fsp3) is 0.467. The summed E-state index contributed by atoms with van der Waals surface area (Å²) in [4.78, 5) is 27.1. The van der Waals surface area contributed by atoms with Crippen LogP contribution in [0.3, 0.4) is 0 Å². The Balaban J connectivity index is 2.11. The molecule has 1 unspecified atom stereocenters. The smallest absolute Gasteiger partial charge is 0.251 e. The Morgan fingerprint density at radius 3 is 2.89 bits per heavy atom. The van der Waals surface area contributed by atoms with E-state index in [4.69, 9.17) is 0 Å². The van der Waals surface area contributed by atoms with Crippen LogP contribution in [0.2, 0.25) is 0 Å².